The van der Waals surface area contributed by atoms with Crippen LogP contribution < -0.4 is 5.43 Å². The third-order valence-corrected chi connectivity index (χ3v) is 7.05. The summed E-state index contributed by atoms with van der Waals surface area (Å²) in [6.07, 6.45) is 10.6. The number of fused-ring (bicyclic) bond motifs is 5. The van der Waals surface area contributed by atoms with Gasteiger partial charge >= 0.3 is 5.97 Å². The van der Waals surface area contributed by atoms with Crippen molar-refractivity contribution >= 4 is 28.7 Å². The van der Waals surface area contributed by atoms with Crippen LogP contribution in [-0.2, 0) is 6.42 Å². The minimum Gasteiger partial charge on any atom is -0.477 e. The van der Waals surface area contributed by atoms with Crippen LogP contribution in [0.15, 0.2) is 50.7 Å². The number of aromatic nitrogens is 1. The normalized spacial score (nSPS) is 20.0. The highest BCUT2D eigenvalue weighted by Crippen LogP contribution is 2.46. The molecule has 3 aromatic rings. The van der Waals surface area contributed by atoms with Crippen LogP contribution in [0.4, 0.5) is 0 Å². The number of carboxylic acids is 1. The SMILES string of the molecule is CC(C)(C)C1Cc2c(oc3cc(/C4=C/C=NCCCCC4)ccc23)-c2cc(=O)c(C(=O)O)cn21. The molecule has 1 unspecified atom stereocenters. The Morgan fingerprint density at radius 2 is 2.00 bits per heavy atom. The molecule has 0 aliphatic carbocycles. The second kappa shape index (κ2) is 8.42. The first-order chi connectivity index (χ1) is 16.2. The number of pyridine rings is 1. The lowest BCUT2D eigenvalue weighted by molar-refractivity contribution is 0.0693. The number of nitrogens with zero attached hydrogens (tertiary/aromatic N) is 2. The lowest BCUT2D eigenvalue weighted by Gasteiger charge is -2.37. The number of rotatable bonds is 2. The number of aromatic carboxylic acids is 1. The van der Waals surface area contributed by atoms with Crippen LogP contribution in [-0.4, -0.2) is 28.4 Å². The van der Waals surface area contributed by atoms with E-state index in [1.165, 1.54) is 24.3 Å². The summed E-state index contributed by atoms with van der Waals surface area (Å²) >= 11 is 0. The fourth-order valence-electron chi connectivity index (χ4n) is 5.16. The first-order valence-electron chi connectivity index (χ1n) is 12.0. The zero-order valence-electron chi connectivity index (χ0n) is 19.9. The number of carbonyl (C=O) groups is 1. The van der Waals surface area contributed by atoms with Crippen LogP contribution in [0.25, 0.3) is 28.0 Å². The molecule has 1 aromatic carbocycles. The Bertz CT molecular complexity index is 1400. The van der Waals surface area contributed by atoms with Crippen molar-refractivity contribution in [2.45, 2.75) is 58.9 Å². The minimum absolute atomic E-state index is 0.0116. The molecule has 6 heteroatoms. The monoisotopic (exact) mass is 458 g/mol. The molecule has 34 heavy (non-hydrogen) atoms. The van der Waals surface area contributed by atoms with Gasteiger partial charge in [-0.3, -0.25) is 9.79 Å². The summed E-state index contributed by atoms with van der Waals surface area (Å²) in [6.45, 7) is 7.29. The van der Waals surface area contributed by atoms with Crippen LogP contribution in [0.1, 0.15) is 74.0 Å². The average molecular weight is 459 g/mol. The number of benzene rings is 1. The molecule has 4 heterocycles. The van der Waals surface area contributed by atoms with Crippen LogP contribution in [0, 0.1) is 5.41 Å². The van der Waals surface area contributed by atoms with Gasteiger partial charge in [0.05, 0.1) is 5.69 Å². The van der Waals surface area contributed by atoms with Gasteiger partial charge in [-0.25, -0.2) is 4.79 Å². The average Bonchev–Trinajstić information content (AvgIpc) is 3.21. The van der Waals surface area contributed by atoms with Crippen molar-refractivity contribution in [1.29, 1.82) is 0 Å². The molecule has 1 N–H and O–H groups in total. The Balaban J connectivity index is 1.67. The quantitative estimate of drug-likeness (QED) is 0.500. The van der Waals surface area contributed by atoms with Crippen molar-refractivity contribution in [3.8, 4) is 11.5 Å². The van der Waals surface area contributed by atoms with E-state index in [0.717, 1.165) is 47.9 Å². The second-order valence-corrected chi connectivity index (χ2v) is 10.4. The highest BCUT2D eigenvalue weighted by molar-refractivity contribution is 5.93. The molecule has 6 nitrogen and oxygen atoms in total. The van der Waals surface area contributed by atoms with Crippen molar-refractivity contribution in [3.63, 3.8) is 0 Å². The highest BCUT2D eigenvalue weighted by atomic mass is 16.4. The number of hydrogen-bond donors (Lipinski definition) is 1. The van der Waals surface area contributed by atoms with Crippen molar-refractivity contribution in [1.82, 2.24) is 4.57 Å². The predicted molar refractivity (Wildman–Crippen MR) is 135 cm³/mol. The molecular weight excluding hydrogens is 428 g/mol. The third-order valence-electron chi connectivity index (χ3n) is 7.05. The van der Waals surface area contributed by atoms with E-state index >= 15 is 0 Å². The summed E-state index contributed by atoms with van der Waals surface area (Å²) in [5, 5.41) is 10.6. The topological polar surface area (TPSA) is 84.8 Å². The molecule has 2 aromatic heterocycles. The summed E-state index contributed by atoms with van der Waals surface area (Å²) in [5.41, 5.74) is 4.01. The lowest BCUT2D eigenvalue weighted by atomic mass is 9.79. The number of furan rings is 1. The largest absolute Gasteiger partial charge is 0.477 e. The summed E-state index contributed by atoms with van der Waals surface area (Å²) in [4.78, 5) is 28.7. The number of carboxylic acid groups (broad SMARTS) is 1. The summed E-state index contributed by atoms with van der Waals surface area (Å²) in [7, 11) is 0. The van der Waals surface area contributed by atoms with Crippen molar-refractivity contribution in [2.24, 2.45) is 10.4 Å². The molecule has 0 saturated carbocycles. The van der Waals surface area contributed by atoms with Gasteiger partial charge < -0.3 is 14.1 Å². The van der Waals surface area contributed by atoms with Crippen LogP contribution >= 0.6 is 0 Å². The van der Waals surface area contributed by atoms with Crippen molar-refractivity contribution in [3.05, 3.63) is 63.5 Å². The van der Waals surface area contributed by atoms with Gasteiger partial charge in [0.2, 0.25) is 0 Å². The van der Waals surface area contributed by atoms with Gasteiger partial charge in [0.15, 0.2) is 11.2 Å². The fraction of sp³-hybridized carbons (Fsp3) is 0.393. The third kappa shape index (κ3) is 3.91. The van der Waals surface area contributed by atoms with E-state index in [1.54, 1.807) is 0 Å². The van der Waals surface area contributed by atoms with Gasteiger partial charge in [0.25, 0.3) is 0 Å². The Hall–Kier alpha value is -3.41. The van der Waals surface area contributed by atoms with Gasteiger partial charge in [-0.15, -0.1) is 0 Å². The van der Waals surface area contributed by atoms with Gasteiger partial charge in [0.1, 0.15) is 11.1 Å². The summed E-state index contributed by atoms with van der Waals surface area (Å²) < 4.78 is 8.30. The maximum Gasteiger partial charge on any atom is 0.341 e. The van der Waals surface area contributed by atoms with Gasteiger partial charge in [0, 0.05) is 42.0 Å². The molecule has 0 radical (unpaired) electrons. The van der Waals surface area contributed by atoms with Gasteiger partial charge in [-0.2, -0.15) is 0 Å². The van der Waals surface area contributed by atoms with Gasteiger partial charge in [-0.05, 0) is 54.4 Å². The van der Waals surface area contributed by atoms with Crippen molar-refractivity contribution < 1.29 is 14.3 Å². The maximum absolute atomic E-state index is 12.6. The molecule has 0 fully saturated rings. The Kier molecular flexibility index (Phi) is 5.54. The molecule has 0 spiro atoms. The molecule has 2 aliphatic rings. The predicted octanol–water partition coefficient (Wildman–Crippen LogP) is 6.13. The smallest absolute Gasteiger partial charge is 0.341 e. The van der Waals surface area contributed by atoms with E-state index in [0.29, 0.717) is 17.9 Å². The van der Waals surface area contributed by atoms with Crippen LogP contribution in [0.5, 0.6) is 0 Å². The molecule has 2 aliphatic heterocycles. The molecule has 5 rings (SSSR count). The maximum atomic E-state index is 12.6. The Labute approximate surface area is 198 Å². The fourth-order valence-corrected chi connectivity index (χ4v) is 5.16. The van der Waals surface area contributed by atoms with E-state index in [-0.39, 0.29) is 17.0 Å². The van der Waals surface area contributed by atoms with E-state index < -0.39 is 11.4 Å². The first kappa shape index (κ1) is 22.4. The van der Waals surface area contributed by atoms with E-state index in [1.807, 2.05) is 10.8 Å². The zero-order chi connectivity index (χ0) is 24.0. The number of hydrogen-bond acceptors (Lipinski definition) is 4. The lowest BCUT2D eigenvalue weighted by Crippen LogP contribution is -2.32. The van der Waals surface area contributed by atoms with Crippen LogP contribution in [0.2, 0.25) is 0 Å². The second-order valence-electron chi connectivity index (χ2n) is 10.4. The van der Waals surface area contributed by atoms with E-state index in [4.69, 9.17) is 4.42 Å². The van der Waals surface area contributed by atoms with Crippen molar-refractivity contribution in [2.75, 3.05) is 6.54 Å². The molecule has 0 saturated heterocycles. The molecule has 0 bridgehead atoms. The summed E-state index contributed by atoms with van der Waals surface area (Å²) in [6, 6.07) is 7.77. The minimum atomic E-state index is -1.21. The standard InChI is InChI=1S/C28H30N2O4/c1-28(2,3)25-14-20-19-9-8-18(17-7-5-4-6-11-29-12-10-17)13-24(19)34-26(20)22-15-23(31)21(27(32)33)16-30(22)25/h8-10,12-13,15-16,25H,4-7,11,14H2,1-3H3,(H,32,33)/b17-10+,29-12?. The molecule has 176 valence electrons. The zero-order valence-corrected chi connectivity index (χ0v) is 19.9. The van der Waals surface area contributed by atoms with E-state index in [2.05, 4.69) is 50.0 Å². The molecule has 1 atom stereocenters. The highest BCUT2D eigenvalue weighted by Gasteiger charge is 2.36. The van der Waals surface area contributed by atoms with Crippen LogP contribution in [0.3, 0.4) is 0 Å². The number of allylic oxidation sites excluding steroid dienone is 2. The molecule has 0 amide bonds. The summed E-state index contributed by atoms with van der Waals surface area (Å²) in [5.74, 6) is -0.550. The Morgan fingerprint density at radius 1 is 1.18 bits per heavy atom. The number of aliphatic imine (C=N–C) groups is 1. The van der Waals surface area contributed by atoms with E-state index in [9.17, 15) is 14.7 Å². The molecular formula is C28H30N2O4. The Morgan fingerprint density at radius 3 is 2.76 bits per heavy atom. The van der Waals surface area contributed by atoms with Gasteiger partial charge in [-0.1, -0.05) is 39.3 Å². The first-order valence-corrected chi connectivity index (χ1v) is 12.0.